The lowest BCUT2D eigenvalue weighted by Crippen LogP contribution is -2.11. The Morgan fingerprint density at radius 1 is 1.05 bits per heavy atom. The zero-order chi connectivity index (χ0) is 28.7. The molecule has 3 aromatic heterocycles. The second-order valence-electron chi connectivity index (χ2n) is 10.2. The zero-order valence-electron chi connectivity index (χ0n) is 23.1. The molecule has 6 rings (SSSR count). The van der Waals surface area contributed by atoms with Crippen molar-refractivity contribution in [2.45, 2.75) is 37.7 Å². The second kappa shape index (κ2) is 11.1. The standard InChI is InChI=1S/C33H28ClN3O3S/c1-19-14-25(21(3)39-28-12-13-29(34)35-33(28)41-18-22-8-6-5-7-9-22)32-26(15-19)30(38)20(2)31(40-32)23-10-11-27-24(16-23)17-37(4)36-27/h5-17,21H,18H2,1-4H3/t21-/m1/s1. The molecule has 0 N–H and O–H groups in total. The average molecular weight is 582 g/mol. The number of hydrogen-bond donors (Lipinski definition) is 0. The van der Waals surface area contributed by atoms with Gasteiger partial charge in [-0.1, -0.05) is 53.7 Å². The maximum atomic E-state index is 13.6. The third kappa shape index (κ3) is 5.47. The van der Waals surface area contributed by atoms with Crippen molar-refractivity contribution in [1.29, 1.82) is 0 Å². The number of ether oxygens (including phenoxy) is 1. The van der Waals surface area contributed by atoms with Crippen molar-refractivity contribution in [1.82, 2.24) is 14.8 Å². The normalized spacial score (nSPS) is 12.2. The number of thioether (sulfide) groups is 1. The van der Waals surface area contributed by atoms with Crippen LogP contribution < -0.4 is 10.2 Å². The zero-order valence-corrected chi connectivity index (χ0v) is 24.7. The first-order valence-electron chi connectivity index (χ1n) is 13.3. The van der Waals surface area contributed by atoms with E-state index < -0.39 is 6.10 Å². The van der Waals surface area contributed by atoms with E-state index >= 15 is 0 Å². The quantitative estimate of drug-likeness (QED) is 0.139. The molecule has 8 heteroatoms. The summed E-state index contributed by atoms with van der Waals surface area (Å²) in [6, 6.07) is 23.5. The molecule has 0 aliphatic carbocycles. The van der Waals surface area contributed by atoms with Crippen molar-refractivity contribution in [3.05, 3.63) is 117 Å². The molecule has 0 bridgehead atoms. The fourth-order valence-corrected chi connectivity index (χ4v) is 6.13. The minimum absolute atomic E-state index is 0.0584. The third-order valence-corrected chi connectivity index (χ3v) is 8.28. The molecule has 0 aliphatic heterocycles. The van der Waals surface area contributed by atoms with E-state index in [9.17, 15) is 4.79 Å². The maximum absolute atomic E-state index is 13.6. The Labute approximate surface area is 246 Å². The number of aromatic nitrogens is 3. The molecule has 0 aliphatic rings. The molecule has 1 atom stereocenters. The molecule has 3 aromatic carbocycles. The highest BCUT2D eigenvalue weighted by Crippen LogP contribution is 2.37. The lowest BCUT2D eigenvalue weighted by atomic mass is 9.99. The van der Waals surface area contributed by atoms with E-state index in [0.717, 1.165) is 33.3 Å². The minimum Gasteiger partial charge on any atom is -0.483 e. The smallest absolute Gasteiger partial charge is 0.196 e. The predicted molar refractivity (Wildman–Crippen MR) is 166 cm³/mol. The van der Waals surface area contributed by atoms with Gasteiger partial charge in [0.05, 0.1) is 10.9 Å². The molecule has 206 valence electrons. The SMILES string of the molecule is Cc1cc([C@@H](C)Oc2ccc(Cl)nc2SCc2ccccc2)c2oc(-c3ccc4nn(C)cc4c3)c(C)c(=O)c2c1. The van der Waals surface area contributed by atoms with Crippen LogP contribution in [0.15, 0.2) is 93.2 Å². The van der Waals surface area contributed by atoms with Crippen molar-refractivity contribution >= 4 is 45.2 Å². The van der Waals surface area contributed by atoms with Gasteiger partial charge in [0, 0.05) is 41.1 Å². The summed E-state index contributed by atoms with van der Waals surface area (Å²) in [5, 5.41) is 7.07. The van der Waals surface area contributed by atoms with Crippen molar-refractivity contribution < 1.29 is 9.15 Å². The summed E-state index contributed by atoms with van der Waals surface area (Å²) < 4.78 is 14.8. The van der Waals surface area contributed by atoms with Gasteiger partial charge in [-0.2, -0.15) is 5.10 Å². The molecule has 0 radical (unpaired) electrons. The lowest BCUT2D eigenvalue weighted by molar-refractivity contribution is 0.219. The van der Waals surface area contributed by atoms with Crippen LogP contribution in [0.4, 0.5) is 0 Å². The highest BCUT2D eigenvalue weighted by molar-refractivity contribution is 7.98. The average Bonchev–Trinajstić information content (AvgIpc) is 3.34. The summed E-state index contributed by atoms with van der Waals surface area (Å²) in [6.45, 7) is 5.74. The molecule has 6 nitrogen and oxygen atoms in total. The van der Waals surface area contributed by atoms with E-state index in [-0.39, 0.29) is 5.43 Å². The molecule has 0 saturated heterocycles. The van der Waals surface area contributed by atoms with Crippen LogP contribution in [0.3, 0.4) is 0 Å². The number of hydrogen-bond acceptors (Lipinski definition) is 6. The molecule has 0 saturated carbocycles. The molecule has 6 aromatic rings. The number of rotatable bonds is 7. The van der Waals surface area contributed by atoms with E-state index in [0.29, 0.717) is 38.2 Å². The van der Waals surface area contributed by atoms with Crippen molar-refractivity contribution in [2.24, 2.45) is 7.05 Å². The molecule has 0 amide bonds. The first-order valence-corrected chi connectivity index (χ1v) is 14.6. The summed E-state index contributed by atoms with van der Waals surface area (Å²) in [7, 11) is 1.89. The summed E-state index contributed by atoms with van der Waals surface area (Å²) in [5.74, 6) is 1.89. The van der Waals surface area contributed by atoms with E-state index in [2.05, 4.69) is 22.2 Å². The van der Waals surface area contributed by atoms with Crippen LogP contribution in [0.1, 0.15) is 35.3 Å². The van der Waals surface area contributed by atoms with Crippen molar-refractivity contribution in [3.63, 3.8) is 0 Å². The fourth-order valence-electron chi connectivity index (χ4n) is 5.01. The van der Waals surface area contributed by atoms with Crippen LogP contribution in [-0.2, 0) is 12.8 Å². The first kappa shape index (κ1) is 27.1. The van der Waals surface area contributed by atoms with Gasteiger partial charge in [-0.15, -0.1) is 0 Å². The van der Waals surface area contributed by atoms with Crippen LogP contribution in [0.25, 0.3) is 33.2 Å². The molecule has 0 fully saturated rings. The van der Waals surface area contributed by atoms with Gasteiger partial charge >= 0.3 is 0 Å². The number of halogens is 1. The van der Waals surface area contributed by atoms with Gasteiger partial charge in [-0.05, 0) is 74.4 Å². The number of nitrogens with zero attached hydrogens (tertiary/aromatic N) is 3. The summed E-state index contributed by atoms with van der Waals surface area (Å²) in [5.41, 5.74) is 5.64. The largest absolute Gasteiger partial charge is 0.483 e. The van der Waals surface area contributed by atoms with Gasteiger partial charge in [0.1, 0.15) is 27.6 Å². The van der Waals surface area contributed by atoms with Gasteiger partial charge in [0.2, 0.25) is 0 Å². The van der Waals surface area contributed by atoms with Gasteiger partial charge in [0.15, 0.2) is 11.2 Å². The summed E-state index contributed by atoms with van der Waals surface area (Å²) >= 11 is 7.83. The van der Waals surface area contributed by atoms with E-state index in [4.69, 9.17) is 20.8 Å². The molecule has 0 spiro atoms. The second-order valence-corrected chi connectivity index (χ2v) is 11.5. The third-order valence-electron chi connectivity index (χ3n) is 7.02. The Balaban J connectivity index is 1.40. The molecule has 3 heterocycles. The predicted octanol–water partition coefficient (Wildman–Crippen LogP) is 8.44. The molecule has 41 heavy (non-hydrogen) atoms. The lowest BCUT2D eigenvalue weighted by Gasteiger charge is -2.19. The van der Waals surface area contributed by atoms with Crippen molar-refractivity contribution in [2.75, 3.05) is 0 Å². The van der Waals surface area contributed by atoms with Crippen LogP contribution in [0.2, 0.25) is 5.15 Å². The Hall–Kier alpha value is -4.07. The maximum Gasteiger partial charge on any atom is 0.196 e. The monoisotopic (exact) mass is 581 g/mol. The highest BCUT2D eigenvalue weighted by atomic mass is 35.5. The number of pyridine rings is 1. The molecular formula is C33H28ClN3O3S. The van der Waals surface area contributed by atoms with Gasteiger partial charge < -0.3 is 9.15 Å². The van der Waals surface area contributed by atoms with Crippen molar-refractivity contribution in [3.8, 4) is 17.1 Å². The van der Waals surface area contributed by atoms with Gasteiger partial charge in [-0.25, -0.2) is 4.98 Å². The minimum atomic E-state index is -0.434. The van der Waals surface area contributed by atoms with E-state index in [1.54, 1.807) is 22.5 Å². The van der Waals surface area contributed by atoms with Crippen LogP contribution in [0.5, 0.6) is 5.75 Å². The topological polar surface area (TPSA) is 70.2 Å². The number of fused-ring (bicyclic) bond motifs is 2. The highest BCUT2D eigenvalue weighted by Gasteiger charge is 2.21. The molecular weight excluding hydrogens is 554 g/mol. The number of aryl methyl sites for hydroxylation is 2. The Morgan fingerprint density at radius 2 is 1.85 bits per heavy atom. The van der Waals surface area contributed by atoms with Crippen LogP contribution >= 0.6 is 23.4 Å². The summed E-state index contributed by atoms with van der Waals surface area (Å²) in [6.07, 6.45) is 1.52. The van der Waals surface area contributed by atoms with E-state index in [1.165, 1.54) is 5.56 Å². The fraction of sp³-hybridized carbons (Fsp3) is 0.182. The van der Waals surface area contributed by atoms with Gasteiger partial charge in [-0.3, -0.25) is 9.48 Å². The van der Waals surface area contributed by atoms with Crippen LogP contribution in [-0.4, -0.2) is 14.8 Å². The number of benzene rings is 3. The molecule has 0 unspecified atom stereocenters. The first-order chi connectivity index (χ1) is 19.8. The Morgan fingerprint density at radius 3 is 2.66 bits per heavy atom. The van der Waals surface area contributed by atoms with E-state index in [1.807, 2.05) is 88.6 Å². The summed E-state index contributed by atoms with van der Waals surface area (Å²) in [4.78, 5) is 18.2. The van der Waals surface area contributed by atoms with Crippen LogP contribution in [0, 0.1) is 13.8 Å². The van der Waals surface area contributed by atoms with Gasteiger partial charge in [0.25, 0.3) is 0 Å². The Kier molecular flexibility index (Phi) is 7.32. The Bertz CT molecular complexity index is 1970.